The van der Waals surface area contributed by atoms with Crippen LogP contribution in [0.2, 0.25) is 0 Å². The Hall–Kier alpha value is -12.9. The van der Waals surface area contributed by atoms with Gasteiger partial charge in [0.1, 0.15) is 46.1 Å². The molecule has 3 amide bonds. The molecule has 15 aromatic rings. The van der Waals surface area contributed by atoms with Gasteiger partial charge in [-0.3, -0.25) is 56.3 Å². The van der Waals surface area contributed by atoms with Crippen molar-refractivity contribution in [1.82, 2.24) is 116 Å². The van der Waals surface area contributed by atoms with E-state index in [-0.39, 0.29) is 43.9 Å². The molecule has 15 heterocycles. The van der Waals surface area contributed by atoms with Gasteiger partial charge in [-0.2, -0.15) is 41.6 Å². The minimum Gasteiger partial charge on any atom is -0.497 e. The van der Waals surface area contributed by atoms with E-state index in [0.717, 1.165) is 188 Å². The maximum atomic E-state index is 12.8. The van der Waals surface area contributed by atoms with Gasteiger partial charge in [-0.15, -0.1) is 0 Å². The Labute approximate surface area is 749 Å². The van der Waals surface area contributed by atoms with Crippen LogP contribution in [0.1, 0.15) is 116 Å². The van der Waals surface area contributed by atoms with Gasteiger partial charge in [0.2, 0.25) is 17.7 Å². The molecule has 6 N–H and O–H groups in total. The average molecular weight is 1800 g/mol. The van der Waals surface area contributed by atoms with Crippen LogP contribution in [0.15, 0.2) is 165 Å². The number of rotatable bonds is 29. The molecule has 18 rings (SSSR count). The van der Waals surface area contributed by atoms with Crippen LogP contribution in [0.25, 0.3) is 50.7 Å². The standard InChI is InChI=1S/C30H32F3N9OS.2C30H35N9O2S/c1-19-4-3-9-40(14-19)17-24-10-27(44-39-24)38-28-29-35-13-25(42(29)15-20(2)37-28)22-12-36-41(16-22)18-26(43)34-11-21-5-7-23(8-6-21)30(31,32)33;1-20-6-5-9-37(15-20)18-24-11-28(42-36-24)35-29-30-32-14-26(39(30)16-21(2)34-29)23-13-33-38(17-23)19-27(40)31-12-22-7-4-8-25(10-22)41-3;1-20-7-6-10-37(15-20)18-24-11-28(42-36-24)35-29-30-32-14-25(39(30)16-21(2)34-29)23-13-33-38(17-23)19-27(40)31-12-22-8-4-5-9-26(22)41-3/h5-8,10,12-13,15-16,19H,3-4,9,11,14,17-18H2,1-2H3,(H,34,43)(H,37,38);4,7-8,10-11,13-14,16-17,20H,5-6,9,12,15,18-19H2,1-3H3,(H,31,40)(H,34,35);4-5,8-9,11,13-14,16-17,20H,6-7,10,12,15,18-19H2,1-3H3,(H,31,40)(H,34,35). The molecular formula is C90H102F3N27O5S3. The van der Waals surface area contributed by atoms with Crippen LogP contribution >= 0.6 is 34.6 Å². The number of methoxy groups -OCH3 is 2. The summed E-state index contributed by atoms with van der Waals surface area (Å²) in [5.74, 6) is 5.07. The fourth-order valence-electron chi connectivity index (χ4n) is 16.3. The second-order valence-corrected chi connectivity index (χ2v) is 35.5. The van der Waals surface area contributed by atoms with E-state index in [1.807, 2.05) is 120 Å². The first-order valence-electron chi connectivity index (χ1n) is 42.7. The smallest absolute Gasteiger partial charge is 0.416 e. The van der Waals surface area contributed by atoms with Crippen molar-refractivity contribution in [2.75, 3.05) is 69.4 Å². The Kier molecular flexibility index (Phi) is 27.9. The van der Waals surface area contributed by atoms with E-state index >= 15 is 0 Å². The summed E-state index contributed by atoms with van der Waals surface area (Å²) in [6.07, 6.45) is 25.0. The Morgan fingerprint density at radius 3 is 1.23 bits per heavy atom. The summed E-state index contributed by atoms with van der Waals surface area (Å²) in [5, 5.41) is 34.8. The molecule has 666 valence electrons. The number of nitrogens with one attached hydrogen (secondary N) is 6. The number of halogens is 3. The van der Waals surface area contributed by atoms with E-state index in [4.69, 9.17) is 19.4 Å². The molecule has 32 nitrogen and oxygen atoms in total. The highest BCUT2D eigenvalue weighted by atomic mass is 32.1. The molecule has 3 aromatic carbocycles. The fourth-order valence-corrected chi connectivity index (χ4v) is 18.2. The van der Waals surface area contributed by atoms with Gasteiger partial charge in [0.25, 0.3) is 0 Å². The summed E-state index contributed by atoms with van der Waals surface area (Å²) in [6, 6.07) is 26.2. The highest BCUT2D eigenvalue weighted by molar-refractivity contribution is 7.10. The fraction of sp³-hybridized carbons (Fsp3) is 0.367. The van der Waals surface area contributed by atoms with E-state index < -0.39 is 11.7 Å². The summed E-state index contributed by atoms with van der Waals surface area (Å²) in [4.78, 5) is 73.3. The number of fused-ring (bicyclic) bond motifs is 3. The second-order valence-electron chi connectivity index (χ2n) is 33.0. The van der Waals surface area contributed by atoms with E-state index in [9.17, 15) is 27.6 Å². The number of aromatic nitrogens is 18. The number of carbonyl (C=O) groups excluding carboxylic acids is 3. The summed E-state index contributed by atoms with van der Waals surface area (Å²) >= 11 is 4.29. The van der Waals surface area contributed by atoms with Crippen LogP contribution in [0.3, 0.4) is 0 Å². The predicted molar refractivity (Wildman–Crippen MR) is 487 cm³/mol. The van der Waals surface area contributed by atoms with Gasteiger partial charge in [0.15, 0.2) is 34.4 Å². The molecule has 3 aliphatic heterocycles. The maximum absolute atomic E-state index is 12.8. The quantitative estimate of drug-likeness (QED) is 0.0254. The minimum atomic E-state index is -4.40. The lowest BCUT2D eigenvalue weighted by atomic mass is 10.0. The third-order valence-corrected chi connectivity index (χ3v) is 24.6. The maximum Gasteiger partial charge on any atom is 0.416 e. The van der Waals surface area contributed by atoms with Gasteiger partial charge in [0.05, 0.1) is 108 Å². The zero-order valence-electron chi connectivity index (χ0n) is 72.5. The second kappa shape index (κ2) is 40.4. The summed E-state index contributed by atoms with van der Waals surface area (Å²) in [6.45, 7) is 23.1. The molecule has 3 atom stereocenters. The van der Waals surface area contributed by atoms with Crippen LogP contribution in [0.4, 0.5) is 45.6 Å². The van der Waals surface area contributed by atoms with Crippen molar-refractivity contribution in [2.45, 2.75) is 145 Å². The number of amides is 3. The van der Waals surface area contributed by atoms with Gasteiger partial charge < -0.3 is 41.4 Å². The lowest BCUT2D eigenvalue weighted by Gasteiger charge is -2.30. The van der Waals surface area contributed by atoms with Crippen LogP contribution in [0, 0.1) is 38.5 Å². The molecule has 3 aliphatic rings. The molecule has 12 aromatic heterocycles. The minimum absolute atomic E-state index is 0.0468. The molecule has 0 bridgehead atoms. The van der Waals surface area contributed by atoms with Crippen molar-refractivity contribution >= 4 is 102 Å². The van der Waals surface area contributed by atoms with Gasteiger partial charge in [-0.25, -0.2) is 29.9 Å². The van der Waals surface area contributed by atoms with Crippen molar-refractivity contribution in [3.05, 3.63) is 222 Å². The third kappa shape index (κ3) is 22.7. The molecule has 128 heavy (non-hydrogen) atoms. The number of anilines is 6. The lowest BCUT2D eigenvalue weighted by molar-refractivity contribution is -0.137. The predicted octanol–water partition coefficient (Wildman–Crippen LogP) is 15.0. The molecule has 3 fully saturated rings. The van der Waals surface area contributed by atoms with Gasteiger partial charge in [-0.05, 0) is 191 Å². The highest BCUT2D eigenvalue weighted by Crippen LogP contribution is 2.35. The molecule has 0 spiro atoms. The largest absolute Gasteiger partial charge is 0.497 e. The molecule has 38 heteroatoms. The van der Waals surface area contributed by atoms with Gasteiger partial charge in [0, 0.05) is 118 Å². The Morgan fingerprint density at radius 2 is 0.844 bits per heavy atom. The molecule has 3 unspecified atom stereocenters. The van der Waals surface area contributed by atoms with Crippen LogP contribution in [-0.4, -0.2) is 171 Å². The van der Waals surface area contributed by atoms with Crippen molar-refractivity contribution in [2.24, 2.45) is 17.8 Å². The van der Waals surface area contributed by atoms with Gasteiger partial charge >= 0.3 is 6.18 Å². The van der Waals surface area contributed by atoms with Crippen molar-refractivity contribution < 1.29 is 37.0 Å². The Balaban J connectivity index is 0.000000141. The molecule has 0 radical (unpaired) electrons. The lowest BCUT2D eigenvalue weighted by Crippen LogP contribution is -2.33. The number of hydrogen-bond donors (Lipinski definition) is 6. The normalized spacial score (nSPS) is 15.8. The van der Waals surface area contributed by atoms with Gasteiger partial charge in [-0.1, -0.05) is 63.2 Å². The monoisotopic (exact) mass is 1790 g/mol. The number of aryl methyl sites for hydroxylation is 3. The van der Waals surface area contributed by atoms with E-state index in [1.165, 1.54) is 89.9 Å². The van der Waals surface area contributed by atoms with E-state index in [1.54, 1.807) is 60.8 Å². The Bertz CT molecular complexity index is 6340. The number of carbonyl (C=O) groups is 3. The topological polar surface area (TPSA) is 334 Å². The SMILES string of the molecule is COc1cccc(CNC(=O)Cn2cc(-c3cnc4c(Nc5cc(CN6CCCC(C)C6)ns5)nc(C)cn34)cn2)c1.COc1ccccc1CNC(=O)Cn1cc(-c2cnc3c(Nc4cc(CN5CCCC(C)C5)ns4)nc(C)cn23)cn1.Cc1cn2c(-c3cnn(CC(=O)NCc4ccc(C(F)(F)F)cc4)c3)cnc2c(Nc2cc(CN3CCCC(C)C3)ns2)n1. The molecular weight excluding hydrogens is 1690 g/mol. The number of piperidine rings is 3. The first-order chi connectivity index (χ1) is 62.0. The van der Waals surface area contributed by atoms with Crippen molar-refractivity contribution in [1.29, 1.82) is 0 Å². The van der Waals surface area contributed by atoms with Crippen LogP contribution in [0.5, 0.6) is 11.5 Å². The number of alkyl halides is 3. The summed E-state index contributed by atoms with van der Waals surface area (Å²) < 4.78 is 73.7. The number of para-hydroxylation sites is 1. The highest BCUT2D eigenvalue weighted by Gasteiger charge is 2.31. The molecule has 0 saturated carbocycles. The number of hydrogen-bond acceptors (Lipinski definition) is 26. The van der Waals surface area contributed by atoms with Crippen LogP contribution < -0.4 is 41.4 Å². The van der Waals surface area contributed by atoms with E-state index in [2.05, 4.69) is 134 Å². The zero-order valence-corrected chi connectivity index (χ0v) is 74.9. The first-order valence-corrected chi connectivity index (χ1v) is 45.0. The Morgan fingerprint density at radius 1 is 0.453 bits per heavy atom. The number of benzene rings is 3. The van der Waals surface area contributed by atoms with E-state index in [0.29, 0.717) is 59.0 Å². The number of nitrogens with zero attached hydrogens (tertiary/aromatic N) is 21. The van der Waals surface area contributed by atoms with Crippen molar-refractivity contribution in [3.8, 4) is 45.3 Å². The third-order valence-electron chi connectivity index (χ3n) is 22.4. The number of imidazole rings is 3. The number of ether oxygens (including phenoxy) is 2. The van der Waals surface area contributed by atoms with Crippen molar-refractivity contribution in [3.63, 3.8) is 0 Å². The molecule has 3 saturated heterocycles. The first kappa shape index (κ1) is 88.5. The van der Waals surface area contributed by atoms with Crippen LogP contribution in [-0.2, 0) is 79.5 Å². The summed E-state index contributed by atoms with van der Waals surface area (Å²) in [5.41, 5.74) is 14.4. The number of likely N-dealkylation sites (tertiary alicyclic amines) is 3. The zero-order chi connectivity index (χ0) is 89.0. The molecule has 0 aliphatic carbocycles. The summed E-state index contributed by atoms with van der Waals surface area (Å²) in [7, 11) is 3.25. The average Bonchev–Trinajstić information content (AvgIpc) is 1.63.